The van der Waals surface area contributed by atoms with Crippen molar-refractivity contribution in [1.82, 2.24) is 9.78 Å². The van der Waals surface area contributed by atoms with Crippen molar-refractivity contribution in [2.45, 2.75) is 19.9 Å². The summed E-state index contributed by atoms with van der Waals surface area (Å²) < 4.78 is 6.91. The molecule has 0 unspecified atom stereocenters. The van der Waals surface area contributed by atoms with Crippen LogP contribution in [-0.2, 0) is 4.79 Å². The van der Waals surface area contributed by atoms with E-state index in [2.05, 4.69) is 10.4 Å². The number of rotatable bonds is 6. The molecule has 112 valence electrons. The van der Waals surface area contributed by atoms with Crippen molar-refractivity contribution >= 4 is 29.0 Å². The van der Waals surface area contributed by atoms with Crippen LogP contribution in [0, 0.1) is 0 Å². The third-order valence-corrected chi connectivity index (χ3v) is 3.49. The molecule has 0 radical (unpaired) electrons. The third kappa shape index (κ3) is 3.60. The summed E-state index contributed by atoms with van der Waals surface area (Å²) in [6, 6.07) is 3.33. The van der Waals surface area contributed by atoms with E-state index in [1.165, 1.54) is 6.07 Å². The molecule has 0 aliphatic heterocycles. The van der Waals surface area contributed by atoms with Gasteiger partial charge in [-0.2, -0.15) is 5.10 Å². The first-order valence-corrected chi connectivity index (χ1v) is 7.14. The van der Waals surface area contributed by atoms with Gasteiger partial charge in [0.15, 0.2) is 11.5 Å². The average Bonchev–Trinajstić information content (AvgIpc) is 3.04. The monoisotopic (exact) mass is 309 g/mol. The summed E-state index contributed by atoms with van der Waals surface area (Å²) in [4.78, 5) is 22.8. The van der Waals surface area contributed by atoms with Crippen LogP contribution in [0.25, 0.3) is 0 Å². The van der Waals surface area contributed by atoms with E-state index in [0.717, 1.165) is 11.3 Å². The van der Waals surface area contributed by atoms with E-state index in [9.17, 15) is 9.59 Å². The number of hydrogen-bond donors (Lipinski definition) is 2. The lowest BCUT2D eigenvalue weighted by molar-refractivity contribution is -0.118. The number of carboxylic acid groups (broad SMARTS) is 1. The van der Waals surface area contributed by atoms with Crippen LogP contribution in [0.2, 0.25) is 0 Å². The second-order valence-corrected chi connectivity index (χ2v) is 5.43. The third-order valence-electron chi connectivity index (χ3n) is 2.61. The van der Waals surface area contributed by atoms with Gasteiger partial charge in [0.05, 0.1) is 6.20 Å². The van der Waals surface area contributed by atoms with E-state index < -0.39 is 5.97 Å². The maximum absolute atomic E-state index is 11.8. The molecule has 0 atom stereocenters. The lowest BCUT2D eigenvalue weighted by Crippen LogP contribution is -2.22. The zero-order valence-electron chi connectivity index (χ0n) is 11.6. The smallest absolute Gasteiger partial charge is 0.349 e. The standard InChI is InChI=1S/C13H15N3O4S/c1-8(2)16-10(3-5-14-16)15-11(17)7-20-9-4-6-21-12(9)13(18)19/h3-6,8H,7H2,1-2H3,(H,15,17)(H,18,19). The molecule has 7 nitrogen and oxygen atoms in total. The van der Waals surface area contributed by atoms with E-state index >= 15 is 0 Å². The van der Waals surface area contributed by atoms with E-state index in [1.807, 2.05) is 13.8 Å². The number of carbonyl (C=O) groups is 2. The maximum atomic E-state index is 11.8. The number of amides is 1. The van der Waals surface area contributed by atoms with Gasteiger partial charge < -0.3 is 15.2 Å². The highest BCUT2D eigenvalue weighted by molar-refractivity contribution is 7.12. The van der Waals surface area contributed by atoms with Crippen molar-refractivity contribution in [3.8, 4) is 5.75 Å². The minimum atomic E-state index is -1.07. The molecular formula is C13H15N3O4S. The number of aromatic nitrogens is 2. The van der Waals surface area contributed by atoms with Crippen molar-refractivity contribution in [2.75, 3.05) is 11.9 Å². The largest absolute Gasteiger partial charge is 0.482 e. The number of carbonyl (C=O) groups excluding carboxylic acids is 1. The number of ether oxygens (including phenoxy) is 1. The molecule has 0 aromatic carbocycles. The Morgan fingerprint density at radius 2 is 2.24 bits per heavy atom. The minimum Gasteiger partial charge on any atom is -0.482 e. The van der Waals surface area contributed by atoms with Gasteiger partial charge in [-0.1, -0.05) is 0 Å². The highest BCUT2D eigenvalue weighted by atomic mass is 32.1. The molecule has 8 heteroatoms. The molecule has 0 saturated carbocycles. The van der Waals surface area contributed by atoms with Crippen molar-refractivity contribution in [1.29, 1.82) is 0 Å². The van der Waals surface area contributed by atoms with Crippen LogP contribution in [0.5, 0.6) is 5.75 Å². The quantitative estimate of drug-likeness (QED) is 0.853. The highest BCUT2D eigenvalue weighted by Crippen LogP contribution is 2.24. The van der Waals surface area contributed by atoms with Gasteiger partial charge in [-0.3, -0.25) is 4.79 Å². The first-order valence-electron chi connectivity index (χ1n) is 6.26. The Morgan fingerprint density at radius 3 is 2.90 bits per heavy atom. The number of hydrogen-bond acceptors (Lipinski definition) is 5. The Balaban J connectivity index is 1.95. The van der Waals surface area contributed by atoms with Crippen molar-refractivity contribution in [2.24, 2.45) is 0 Å². The van der Waals surface area contributed by atoms with Crippen molar-refractivity contribution in [3.05, 3.63) is 28.6 Å². The number of carboxylic acids is 1. The van der Waals surface area contributed by atoms with E-state index in [4.69, 9.17) is 9.84 Å². The van der Waals surface area contributed by atoms with Crippen LogP contribution >= 0.6 is 11.3 Å². The molecule has 1 amide bonds. The van der Waals surface area contributed by atoms with Crippen LogP contribution in [0.1, 0.15) is 29.6 Å². The van der Waals surface area contributed by atoms with Gasteiger partial charge in [-0.05, 0) is 25.3 Å². The zero-order chi connectivity index (χ0) is 15.4. The van der Waals surface area contributed by atoms with E-state index in [0.29, 0.717) is 5.82 Å². The van der Waals surface area contributed by atoms with Crippen LogP contribution in [0.4, 0.5) is 5.82 Å². The summed E-state index contributed by atoms with van der Waals surface area (Å²) in [6.07, 6.45) is 1.60. The van der Waals surface area contributed by atoms with Crippen molar-refractivity contribution in [3.63, 3.8) is 0 Å². The summed E-state index contributed by atoms with van der Waals surface area (Å²) in [5, 5.41) is 17.3. The normalized spacial score (nSPS) is 10.6. The summed E-state index contributed by atoms with van der Waals surface area (Å²) in [7, 11) is 0. The molecule has 0 fully saturated rings. The fourth-order valence-corrected chi connectivity index (χ4v) is 2.39. The average molecular weight is 309 g/mol. The van der Waals surface area contributed by atoms with E-state index in [1.54, 1.807) is 22.3 Å². The second-order valence-electron chi connectivity index (χ2n) is 4.51. The van der Waals surface area contributed by atoms with Gasteiger partial charge in [-0.15, -0.1) is 11.3 Å². The molecule has 2 aromatic rings. The van der Waals surface area contributed by atoms with Gasteiger partial charge in [0, 0.05) is 12.1 Å². The maximum Gasteiger partial charge on any atom is 0.349 e. The first-order chi connectivity index (χ1) is 9.99. The molecule has 2 heterocycles. The Hall–Kier alpha value is -2.35. The fourth-order valence-electron chi connectivity index (χ4n) is 1.71. The SMILES string of the molecule is CC(C)n1nccc1NC(=O)COc1ccsc1C(=O)O. The van der Waals surface area contributed by atoms with Crippen LogP contribution in [-0.4, -0.2) is 33.4 Å². The molecule has 0 aliphatic carbocycles. The Kier molecular flexibility index (Phi) is 4.59. The number of anilines is 1. The van der Waals surface area contributed by atoms with Crippen molar-refractivity contribution < 1.29 is 19.4 Å². The van der Waals surface area contributed by atoms with E-state index in [-0.39, 0.29) is 29.2 Å². The van der Waals surface area contributed by atoms with Crippen LogP contribution < -0.4 is 10.1 Å². The first kappa shape index (κ1) is 15.0. The zero-order valence-corrected chi connectivity index (χ0v) is 12.4. The molecule has 0 spiro atoms. The number of nitrogens with zero attached hydrogens (tertiary/aromatic N) is 2. The van der Waals surface area contributed by atoms with Gasteiger partial charge in [0.25, 0.3) is 5.91 Å². The van der Waals surface area contributed by atoms with Gasteiger partial charge in [0.2, 0.25) is 0 Å². The highest BCUT2D eigenvalue weighted by Gasteiger charge is 2.15. The molecule has 21 heavy (non-hydrogen) atoms. The summed E-state index contributed by atoms with van der Waals surface area (Å²) in [6.45, 7) is 3.63. The van der Waals surface area contributed by atoms with Crippen LogP contribution in [0.15, 0.2) is 23.7 Å². The predicted molar refractivity (Wildman–Crippen MR) is 78.0 cm³/mol. The summed E-state index contributed by atoms with van der Waals surface area (Å²) >= 11 is 1.05. The fraction of sp³-hybridized carbons (Fsp3) is 0.308. The number of aromatic carboxylic acids is 1. The molecule has 2 rings (SSSR count). The Bertz CT molecular complexity index is 647. The molecule has 2 N–H and O–H groups in total. The predicted octanol–water partition coefficient (Wildman–Crippen LogP) is 2.24. The second kappa shape index (κ2) is 6.40. The van der Waals surface area contributed by atoms with Gasteiger partial charge in [0.1, 0.15) is 11.6 Å². The topological polar surface area (TPSA) is 93.5 Å². The molecule has 2 aromatic heterocycles. The molecule has 0 bridgehead atoms. The number of nitrogens with one attached hydrogen (secondary N) is 1. The summed E-state index contributed by atoms with van der Waals surface area (Å²) in [5.74, 6) is -0.680. The number of thiophene rings is 1. The Morgan fingerprint density at radius 1 is 1.48 bits per heavy atom. The Labute approximate surface area is 125 Å². The van der Waals surface area contributed by atoms with Crippen LogP contribution in [0.3, 0.4) is 0 Å². The van der Waals surface area contributed by atoms with Gasteiger partial charge >= 0.3 is 5.97 Å². The minimum absolute atomic E-state index is 0.0787. The molecular weight excluding hydrogens is 294 g/mol. The lowest BCUT2D eigenvalue weighted by atomic mass is 10.4. The summed E-state index contributed by atoms with van der Waals surface area (Å²) in [5.41, 5.74) is 0. The lowest BCUT2D eigenvalue weighted by Gasteiger charge is -2.12. The molecule has 0 saturated heterocycles. The molecule has 0 aliphatic rings. The van der Waals surface area contributed by atoms with Gasteiger partial charge in [-0.25, -0.2) is 9.48 Å².